The first-order valence-corrected chi connectivity index (χ1v) is 14.3. The Hall–Kier alpha value is -4.01. The molecule has 0 radical (unpaired) electrons. The number of fused-ring (bicyclic) bond motifs is 1. The number of rotatable bonds is 7. The highest BCUT2D eigenvalue weighted by Gasteiger charge is 2.18. The lowest BCUT2D eigenvalue weighted by molar-refractivity contribution is 0.102. The number of hydrogen-bond donors (Lipinski definition) is 1. The van der Waals surface area contributed by atoms with Crippen LogP contribution in [0.3, 0.4) is 0 Å². The average Bonchev–Trinajstić information content (AvgIpc) is 3.31. The van der Waals surface area contributed by atoms with Crippen LogP contribution >= 0.6 is 11.3 Å². The van der Waals surface area contributed by atoms with Gasteiger partial charge >= 0.3 is 0 Å². The second-order valence-corrected chi connectivity index (χ2v) is 11.8. The smallest absolute Gasteiger partial charge is 0.255 e. The van der Waals surface area contributed by atoms with Gasteiger partial charge in [0, 0.05) is 16.8 Å². The summed E-state index contributed by atoms with van der Waals surface area (Å²) in [6, 6.07) is 29.7. The van der Waals surface area contributed by atoms with E-state index in [-0.39, 0.29) is 12.5 Å². The third-order valence-electron chi connectivity index (χ3n) is 5.92. The van der Waals surface area contributed by atoms with Crippen molar-refractivity contribution in [3.05, 3.63) is 114 Å². The number of carbonyl (C=O) groups is 1. The van der Waals surface area contributed by atoms with Crippen LogP contribution in [0, 0.1) is 6.92 Å². The van der Waals surface area contributed by atoms with Crippen molar-refractivity contribution in [2.75, 3.05) is 15.9 Å². The third kappa shape index (κ3) is 5.71. The molecule has 4 aromatic carbocycles. The monoisotopic (exact) mass is 527 g/mol. The van der Waals surface area contributed by atoms with Crippen LogP contribution in [0.1, 0.15) is 21.5 Å². The number of anilines is 2. The Kier molecular flexibility index (Phi) is 6.78. The van der Waals surface area contributed by atoms with Crippen LogP contribution in [-0.4, -0.2) is 25.6 Å². The van der Waals surface area contributed by atoms with Crippen molar-refractivity contribution in [1.82, 2.24) is 4.98 Å². The molecule has 5 rings (SSSR count). The number of amides is 1. The lowest BCUT2D eigenvalue weighted by atomic mass is 10.1. The fourth-order valence-electron chi connectivity index (χ4n) is 3.98. The minimum Gasteiger partial charge on any atom is -0.322 e. The van der Waals surface area contributed by atoms with Crippen molar-refractivity contribution >= 4 is 48.9 Å². The van der Waals surface area contributed by atoms with E-state index < -0.39 is 10.0 Å². The zero-order valence-corrected chi connectivity index (χ0v) is 22.0. The summed E-state index contributed by atoms with van der Waals surface area (Å²) in [6.45, 7) is 2.28. The molecular formula is C29H25N3O3S2. The number of benzene rings is 4. The van der Waals surface area contributed by atoms with E-state index in [4.69, 9.17) is 4.98 Å². The molecule has 8 heteroatoms. The number of thiazole rings is 1. The molecule has 0 bridgehead atoms. The zero-order chi connectivity index (χ0) is 26.0. The molecular weight excluding hydrogens is 502 g/mol. The number of nitrogens with zero attached hydrogens (tertiary/aromatic N) is 2. The van der Waals surface area contributed by atoms with Gasteiger partial charge in [0.2, 0.25) is 10.0 Å². The Bertz CT molecular complexity index is 1660. The van der Waals surface area contributed by atoms with Crippen molar-refractivity contribution in [1.29, 1.82) is 0 Å². The van der Waals surface area contributed by atoms with E-state index >= 15 is 0 Å². The van der Waals surface area contributed by atoms with Gasteiger partial charge in [-0.25, -0.2) is 13.4 Å². The van der Waals surface area contributed by atoms with Gasteiger partial charge in [-0.3, -0.25) is 9.10 Å². The van der Waals surface area contributed by atoms with Gasteiger partial charge in [0.15, 0.2) is 0 Å². The molecule has 0 atom stereocenters. The van der Waals surface area contributed by atoms with E-state index in [0.29, 0.717) is 16.9 Å². The van der Waals surface area contributed by atoms with Crippen LogP contribution in [0.15, 0.2) is 97.1 Å². The summed E-state index contributed by atoms with van der Waals surface area (Å²) in [5, 5.41) is 3.83. The number of nitrogens with one attached hydrogen (secondary N) is 1. The van der Waals surface area contributed by atoms with Gasteiger partial charge in [-0.15, -0.1) is 11.3 Å². The maximum atomic E-state index is 12.8. The van der Waals surface area contributed by atoms with E-state index in [0.717, 1.165) is 26.4 Å². The summed E-state index contributed by atoms with van der Waals surface area (Å²) in [6.07, 6.45) is 1.18. The largest absolute Gasteiger partial charge is 0.322 e. The quantitative estimate of drug-likeness (QED) is 0.262. The number of aromatic nitrogens is 1. The maximum Gasteiger partial charge on any atom is 0.255 e. The highest BCUT2D eigenvalue weighted by Crippen LogP contribution is 2.31. The van der Waals surface area contributed by atoms with Crippen molar-refractivity contribution in [3.8, 4) is 10.6 Å². The lowest BCUT2D eigenvalue weighted by Crippen LogP contribution is -2.29. The van der Waals surface area contributed by atoms with Gasteiger partial charge in [-0.1, -0.05) is 36.4 Å². The van der Waals surface area contributed by atoms with Gasteiger partial charge in [-0.2, -0.15) is 0 Å². The molecule has 0 aliphatic carbocycles. The molecule has 0 saturated carbocycles. The summed E-state index contributed by atoms with van der Waals surface area (Å²) in [5.41, 5.74) is 5.63. The van der Waals surface area contributed by atoms with Crippen LogP contribution in [-0.2, 0) is 16.6 Å². The highest BCUT2D eigenvalue weighted by molar-refractivity contribution is 7.92. The van der Waals surface area contributed by atoms with E-state index in [1.54, 1.807) is 35.6 Å². The van der Waals surface area contributed by atoms with Gasteiger partial charge in [0.25, 0.3) is 5.91 Å². The average molecular weight is 528 g/mol. The van der Waals surface area contributed by atoms with E-state index in [1.165, 1.54) is 16.1 Å². The Morgan fingerprint density at radius 2 is 1.62 bits per heavy atom. The van der Waals surface area contributed by atoms with Crippen molar-refractivity contribution in [2.24, 2.45) is 0 Å². The molecule has 1 heterocycles. The second-order valence-electron chi connectivity index (χ2n) is 8.82. The molecule has 0 spiro atoms. The van der Waals surface area contributed by atoms with Crippen LogP contribution < -0.4 is 9.62 Å². The Balaban J connectivity index is 1.29. The highest BCUT2D eigenvalue weighted by atomic mass is 32.2. The zero-order valence-electron chi connectivity index (χ0n) is 20.4. The number of hydrogen-bond acceptors (Lipinski definition) is 5. The molecule has 186 valence electrons. The number of aryl methyl sites for hydroxylation is 1. The minimum atomic E-state index is -3.51. The second kappa shape index (κ2) is 10.2. The Morgan fingerprint density at radius 3 is 2.30 bits per heavy atom. The van der Waals surface area contributed by atoms with E-state index in [2.05, 4.69) is 24.4 Å². The van der Waals surface area contributed by atoms with Crippen molar-refractivity contribution < 1.29 is 13.2 Å². The summed E-state index contributed by atoms with van der Waals surface area (Å²) in [7, 11) is -3.51. The van der Waals surface area contributed by atoms with Crippen LogP contribution in [0.5, 0.6) is 0 Å². The first kappa shape index (κ1) is 24.7. The molecule has 0 saturated heterocycles. The number of sulfonamides is 1. The lowest BCUT2D eigenvalue weighted by Gasteiger charge is -2.22. The summed E-state index contributed by atoms with van der Waals surface area (Å²) in [4.78, 5) is 17.5. The normalized spacial score (nSPS) is 11.4. The summed E-state index contributed by atoms with van der Waals surface area (Å²) >= 11 is 1.64. The van der Waals surface area contributed by atoms with E-state index in [9.17, 15) is 13.2 Å². The predicted octanol–water partition coefficient (Wildman–Crippen LogP) is 6.49. The first-order valence-electron chi connectivity index (χ1n) is 11.7. The van der Waals surface area contributed by atoms with Crippen molar-refractivity contribution in [3.63, 3.8) is 0 Å². The minimum absolute atomic E-state index is 0.214. The first-order chi connectivity index (χ1) is 17.8. The molecule has 0 aliphatic rings. The van der Waals surface area contributed by atoms with E-state index in [1.807, 2.05) is 60.7 Å². The molecule has 0 unspecified atom stereocenters. The molecule has 37 heavy (non-hydrogen) atoms. The fourth-order valence-corrected chi connectivity index (χ4v) is 5.94. The maximum absolute atomic E-state index is 12.8. The topological polar surface area (TPSA) is 79.4 Å². The molecule has 1 aromatic heterocycles. The number of carbonyl (C=O) groups excluding carboxylic acids is 1. The molecule has 1 N–H and O–H groups in total. The molecule has 6 nitrogen and oxygen atoms in total. The van der Waals surface area contributed by atoms with Gasteiger partial charge in [0.05, 0.1) is 28.7 Å². The van der Waals surface area contributed by atoms with Gasteiger partial charge in [0.1, 0.15) is 5.01 Å². The molecule has 5 aromatic rings. The van der Waals surface area contributed by atoms with Crippen LogP contribution in [0.25, 0.3) is 20.8 Å². The third-order valence-corrected chi connectivity index (χ3v) is 8.13. The Labute approximate surface area is 220 Å². The molecule has 0 fully saturated rings. The molecule has 0 aliphatic heterocycles. The SMILES string of the molecule is Cc1ccc2nc(-c3ccc(NC(=O)c4ccc(N(Cc5ccccc5)S(C)(=O)=O)cc4)cc3)sc2c1. The summed E-state index contributed by atoms with van der Waals surface area (Å²) in [5.74, 6) is -0.274. The van der Waals surface area contributed by atoms with Crippen LogP contribution in [0.4, 0.5) is 11.4 Å². The molecule has 1 amide bonds. The van der Waals surface area contributed by atoms with Crippen LogP contribution in [0.2, 0.25) is 0 Å². The fraction of sp³-hybridized carbons (Fsp3) is 0.103. The predicted molar refractivity (Wildman–Crippen MR) is 152 cm³/mol. The Morgan fingerprint density at radius 1 is 0.919 bits per heavy atom. The standard InChI is InChI=1S/C29H25N3O3S2/c1-20-8-17-26-27(18-20)36-29(31-26)23-9-13-24(14-10-23)30-28(33)22-11-15-25(16-12-22)32(37(2,34)35)19-21-6-4-3-5-7-21/h3-18H,19H2,1-2H3,(H,30,33). The summed E-state index contributed by atoms with van der Waals surface area (Å²) < 4.78 is 27.3. The van der Waals surface area contributed by atoms with Crippen molar-refractivity contribution in [2.45, 2.75) is 13.5 Å². The van der Waals surface area contributed by atoms with Gasteiger partial charge in [-0.05, 0) is 78.7 Å². The van der Waals surface area contributed by atoms with Gasteiger partial charge < -0.3 is 5.32 Å².